The van der Waals surface area contributed by atoms with E-state index < -0.39 is 29.8 Å². The second-order valence-electron chi connectivity index (χ2n) is 7.80. The zero-order valence-electron chi connectivity index (χ0n) is 16.5. The van der Waals surface area contributed by atoms with Crippen molar-refractivity contribution in [3.63, 3.8) is 0 Å². The summed E-state index contributed by atoms with van der Waals surface area (Å²) in [5, 5.41) is 10.5. The van der Waals surface area contributed by atoms with Gasteiger partial charge in [-0.05, 0) is 27.8 Å². The lowest BCUT2D eigenvalue weighted by atomic mass is 9.78. The number of benzene rings is 3. The third-order valence-electron chi connectivity index (χ3n) is 6.38. The number of ether oxygens (including phenoxy) is 1. The Morgan fingerprint density at radius 3 is 2.07 bits per heavy atom. The molecule has 30 heavy (non-hydrogen) atoms. The number of carbonyl (C=O) groups is 1. The Labute approximate surface area is 174 Å². The zero-order chi connectivity index (χ0) is 20.9. The highest BCUT2D eigenvalue weighted by Crippen LogP contribution is 2.56. The van der Waals surface area contributed by atoms with Crippen molar-refractivity contribution in [2.75, 3.05) is 13.7 Å². The number of rotatable bonds is 3. The van der Waals surface area contributed by atoms with E-state index in [1.165, 1.54) is 7.11 Å². The van der Waals surface area contributed by atoms with Crippen molar-refractivity contribution in [3.8, 4) is 11.1 Å². The van der Waals surface area contributed by atoms with E-state index in [2.05, 4.69) is 0 Å². The van der Waals surface area contributed by atoms with Crippen LogP contribution in [-0.4, -0.2) is 47.9 Å². The van der Waals surface area contributed by atoms with Gasteiger partial charge in [0.1, 0.15) is 12.1 Å². The normalized spacial score (nSPS) is 24.3. The molecule has 3 aromatic rings. The molecule has 2 aliphatic rings. The molecule has 1 N–H and O–H groups in total. The molecule has 0 radical (unpaired) electrons. The Morgan fingerprint density at radius 1 is 0.967 bits per heavy atom. The largest absolute Gasteiger partial charge is 0.468 e. The number of carbonyl (C=O) groups excluding carboxylic acids is 1. The summed E-state index contributed by atoms with van der Waals surface area (Å²) in [5.41, 5.74) is 4.00. The van der Waals surface area contributed by atoms with Crippen LogP contribution in [0.4, 0.5) is 4.39 Å². The maximum absolute atomic E-state index is 15.2. The number of hydrogen-bond acceptors (Lipinski definition) is 4. The van der Waals surface area contributed by atoms with E-state index in [1.807, 2.05) is 78.9 Å². The van der Waals surface area contributed by atoms with Crippen LogP contribution in [-0.2, 0) is 15.1 Å². The highest BCUT2D eigenvalue weighted by Gasteiger charge is 2.59. The summed E-state index contributed by atoms with van der Waals surface area (Å²) in [6.45, 7) is 0.0124. The van der Waals surface area contributed by atoms with Gasteiger partial charge < -0.3 is 9.84 Å². The Balaban J connectivity index is 1.87. The second kappa shape index (κ2) is 7.04. The molecule has 0 unspecified atom stereocenters. The molecule has 1 fully saturated rings. The molecule has 4 nitrogen and oxygen atoms in total. The Kier molecular flexibility index (Phi) is 4.45. The van der Waals surface area contributed by atoms with Gasteiger partial charge in [0.25, 0.3) is 0 Å². The summed E-state index contributed by atoms with van der Waals surface area (Å²) in [4.78, 5) is 14.5. The van der Waals surface area contributed by atoms with Crippen LogP contribution < -0.4 is 0 Å². The molecule has 0 amide bonds. The van der Waals surface area contributed by atoms with E-state index >= 15 is 4.39 Å². The monoisotopic (exact) mass is 403 g/mol. The maximum Gasteiger partial charge on any atom is 0.326 e. The molecule has 1 heterocycles. The molecule has 1 aliphatic carbocycles. The summed E-state index contributed by atoms with van der Waals surface area (Å²) in [6, 6.07) is 24.6. The minimum atomic E-state index is -1.74. The number of esters is 1. The van der Waals surface area contributed by atoms with Crippen molar-refractivity contribution in [3.05, 3.63) is 95.6 Å². The average molecular weight is 403 g/mol. The van der Waals surface area contributed by atoms with Crippen LogP contribution in [0.1, 0.15) is 16.7 Å². The van der Waals surface area contributed by atoms with Crippen LogP contribution in [0, 0.1) is 0 Å². The molecule has 0 spiro atoms. The van der Waals surface area contributed by atoms with E-state index in [0.29, 0.717) is 0 Å². The highest BCUT2D eigenvalue weighted by atomic mass is 19.1. The number of hydrogen-bond donors (Lipinski definition) is 1. The SMILES string of the molecule is COC(=O)[C@H]1[C@@H](F)[C@@H](O)CN1C1(c2ccccc2)c2ccccc2-c2ccccc21. The number of alkyl halides is 1. The van der Waals surface area contributed by atoms with E-state index in [4.69, 9.17) is 4.74 Å². The molecule has 0 aromatic heterocycles. The summed E-state index contributed by atoms with van der Waals surface area (Å²) in [5.74, 6) is -0.684. The van der Waals surface area contributed by atoms with Crippen molar-refractivity contribution in [2.24, 2.45) is 0 Å². The van der Waals surface area contributed by atoms with Crippen molar-refractivity contribution < 1.29 is 19.0 Å². The first-order valence-corrected chi connectivity index (χ1v) is 10.0. The fourth-order valence-corrected chi connectivity index (χ4v) is 5.20. The number of likely N-dealkylation sites (tertiary alicyclic amines) is 1. The number of aliphatic hydroxyl groups is 1. The minimum Gasteiger partial charge on any atom is -0.468 e. The molecule has 5 rings (SSSR count). The summed E-state index contributed by atoms with van der Waals surface area (Å²) < 4.78 is 20.1. The van der Waals surface area contributed by atoms with Gasteiger partial charge in [0.15, 0.2) is 6.17 Å². The Hall–Kier alpha value is -3.02. The number of fused-ring (bicyclic) bond motifs is 3. The quantitative estimate of drug-likeness (QED) is 0.680. The molecular formula is C25H22FNO3. The summed E-state index contributed by atoms with van der Waals surface area (Å²) in [7, 11) is 1.25. The van der Waals surface area contributed by atoms with Crippen LogP contribution in [0.15, 0.2) is 78.9 Å². The fourth-order valence-electron chi connectivity index (χ4n) is 5.20. The maximum atomic E-state index is 15.2. The van der Waals surface area contributed by atoms with Crippen molar-refractivity contribution in [1.82, 2.24) is 4.90 Å². The lowest BCUT2D eigenvalue weighted by molar-refractivity contribution is -0.149. The molecule has 1 aliphatic heterocycles. The molecule has 152 valence electrons. The van der Waals surface area contributed by atoms with E-state index in [0.717, 1.165) is 27.8 Å². The van der Waals surface area contributed by atoms with Gasteiger partial charge in [0.2, 0.25) is 0 Å². The van der Waals surface area contributed by atoms with Gasteiger partial charge in [0, 0.05) is 6.54 Å². The van der Waals surface area contributed by atoms with Crippen LogP contribution in [0.25, 0.3) is 11.1 Å². The third kappa shape index (κ3) is 2.42. The molecule has 1 saturated heterocycles. The van der Waals surface area contributed by atoms with Gasteiger partial charge in [-0.2, -0.15) is 0 Å². The first-order valence-electron chi connectivity index (χ1n) is 10.0. The molecule has 5 heteroatoms. The summed E-state index contributed by atoms with van der Waals surface area (Å²) in [6.07, 6.45) is -3.02. The standard InChI is InChI=1S/C25H22FNO3/c1-30-24(29)23-22(26)21(28)15-27(23)25(16-9-3-2-4-10-16)19-13-7-5-11-17(19)18-12-6-8-14-20(18)25/h2-14,21-23,28H,15H2,1H3/t21-,22-,23+/m0/s1. The first kappa shape index (κ1) is 19.0. The number of halogens is 1. The van der Waals surface area contributed by atoms with Crippen LogP contribution >= 0.6 is 0 Å². The van der Waals surface area contributed by atoms with E-state index in [9.17, 15) is 9.90 Å². The van der Waals surface area contributed by atoms with Gasteiger partial charge in [-0.15, -0.1) is 0 Å². The number of methoxy groups -OCH3 is 1. The van der Waals surface area contributed by atoms with Crippen molar-refractivity contribution in [2.45, 2.75) is 23.9 Å². The first-order chi connectivity index (χ1) is 14.6. The van der Waals surface area contributed by atoms with E-state index in [-0.39, 0.29) is 6.54 Å². The fraction of sp³-hybridized carbons (Fsp3) is 0.240. The molecule has 3 atom stereocenters. The smallest absolute Gasteiger partial charge is 0.326 e. The average Bonchev–Trinajstić information content (AvgIpc) is 3.26. The lowest BCUT2D eigenvalue weighted by Crippen LogP contribution is -2.53. The number of nitrogens with zero attached hydrogens (tertiary/aromatic N) is 1. The number of aliphatic hydroxyl groups excluding tert-OH is 1. The van der Waals surface area contributed by atoms with Gasteiger partial charge >= 0.3 is 5.97 Å². The van der Waals surface area contributed by atoms with Crippen molar-refractivity contribution >= 4 is 5.97 Å². The van der Waals surface area contributed by atoms with Crippen molar-refractivity contribution in [1.29, 1.82) is 0 Å². The summed E-state index contributed by atoms with van der Waals surface area (Å²) >= 11 is 0. The third-order valence-corrected chi connectivity index (χ3v) is 6.38. The molecule has 0 bridgehead atoms. The predicted octanol–water partition coefficient (Wildman–Crippen LogP) is 3.52. The highest BCUT2D eigenvalue weighted by molar-refractivity contribution is 5.85. The molecule has 0 saturated carbocycles. The molecular weight excluding hydrogens is 381 g/mol. The van der Waals surface area contributed by atoms with Crippen LogP contribution in [0.3, 0.4) is 0 Å². The second-order valence-corrected chi connectivity index (χ2v) is 7.80. The van der Waals surface area contributed by atoms with Gasteiger partial charge in [-0.1, -0.05) is 78.9 Å². The minimum absolute atomic E-state index is 0.0124. The van der Waals surface area contributed by atoms with Crippen LogP contribution in [0.5, 0.6) is 0 Å². The van der Waals surface area contributed by atoms with E-state index in [1.54, 1.807) is 4.90 Å². The zero-order valence-corrected chi connectivity index (χ0v) is 16.5. The predicted molar refractivity (Wildman–Crippen MR) is 112 cm³/mol. The van der Waals surface area contributed by atoms with Gasteiger partial charge in [-0.25, -0.2) is 4.39 Å². The lowest BCUT2D eigenvalue weighted by Gasteiger charge is -2.43. The Bertz CT molecular complexity index is 1050. The topological polar surface area (TPSA) is 49.8 Å². The number of β-amino-alcohol motifs (C(OH)–C–C–N with tert-alkyl or cyclic N) is 1. The Morgan fingerprint density at radius 2 is 1.50 bits per heavy atom. The molecule has 3 aromatic carbocycles. The van der Waals surface area contributed by atoms with Gasteiger partial charge in [-0.3, -0.25) is 9.69 Å². The van der Waals surface area contributed by atoms with Gasteiger partial charge in [0.05, 0.1) is 12.6 Å². The van der Waals surface area contributed by atoms with Crippen LogP contribution in [0.2, 0.25) is 0 Å².